The number of hydrogen-bond donors (Lipinski definition) is 1. The van der Waals surface area contributed by atoms with Gasteiger partial charge in [-0.15, -0.1) is 5.10 Å². The van der Waals surface area contributed by atoms with E-state index in [9.17, 15) is 5.26 Å². The van der Waals surface area contributed by atoms with Gasteiger partial charge in [-0.05, 0) is 48.9 Å². The van der Waals surface area contributed by atoms with E-state index in [0.29, 0.717) is 23.8 Å². The Kier molecular flexibility index (Phi) is 6.03. The van der Waals surface area contributed by atoms with Crippen molar-refractivity contribution in [2.24, 2.45) is 0 Å². The second-order valence-corrected chi connectivity index (χ2v) is 7.51. The lowest BCUT2D eigenvalue weighted by Gasteiger charge is -2.16. The van der Waals surface area contributed by atoms with E-state index in [1.807, 2.05) is 29.9 Å². The van der Waals surface area contributed by atoms with Gasteiger partial charge in [0.2, 0.25) is 5.95 Å². The molecule has 1 aromatic carbocycles. The number of tetrazole rings is 1. The minimum absolute atomic E-state index is 0.240. The molecule has 4 rings (SSSR count). The van der Waals surface area contributed by atoms with Gasteiger partial charge in [0.25, 0.3) is 0 Å². The molecular weight excluding hydrogens is 408 g/mol. The lowest BCUT2D eigenvalue weighted by atomic mass is 10.1. The van der Waals surface area contributed by atoms with E-state index in [1.54, 1.807) is 29.3 Å². The molecule has 0 spiro atoms. The number of ether oxygens (including phenoxy) is 1. The third kappa shape index (κ3) is 4.86. The minimum Gasteiger partial charge on any atom is -0.487 e. The van der Waals surface area contributed by atoms with Crippen LogP contribution in [0.4, 0.5) is 11.6 Å². The van der Waals surface area contributed by atoms with Crippen molar-refractivity contribution >= 4 is 11.6 Å². The van der Waals surface area contributed by atoms with Crippen LogP contribution in [-0.2, 0) is 6.54 Å². The van der Waals surface area contributed by atoms with E-state index < -0.39 is 0 Å². The number of rotatable bonds is 8. The molecule has 11 nitrogen and oxygen atoms in total. The van der Waals surface area contributed by atoms with E-state index in [0.717, 1.165) is 16.8 Å². The highest BCUT2D eigenvalue weighted by molar-refractivity contribution is 5.66. The van der Waals surface area contributed by atoms with Crippen LogP contribution in [0.25, 0.3) is 11.1 Å². The van der Waals surface area contributed by atoms with Gasteiger partial charge in [0, 0.05) is 30.2 Å². The van der Waals surface area contributed by atoms with Crippen LogP contribution in [0.3, 0.4) is 0 Å². The number of nitrogens with zero attached hydrogens (tertiary/aromatic N) is 9. The van der Waals surface area contributed by atoms with Crippen LogP contribution in [0.15, 0.2) is 49.3 Å². The number of anilines is 2. The normalized spacial score (nSPS) is 11.8. The zero-order valence-corrected chi connectivity index (χ0v) is 17.9. The monoisotopic (exact) mass is 430 g/mol. The summed E-state index contributed by atoms with van der Waals surface area (Å²) in [6.45, 7) is 6.47. The lowest BCUT2D eigenvalue weighted by molar-refractivity contribution is 0.192. The predicted octanol–water partition coefficient (Wildman–Crippen LogP) is 2.99. The van der Waals surface area contributed by atoms with Crippen molar-refractivity contribution in [2.75, 3.05) is 5.32 Å². The standard InChI is InChI=1S/C21H22N10O/c1-14(2)31-12-19(10-26-31)27-21-23-8-18(9-24-21)16-4-5-17(7-22)20(6-16)32-15(3)11-30-13-25-28-29-30/h4-6,8-10,12-15H,11H2,1-3H3,(H,23,24,27)/t15-/m0/s1. The first-order valence-electron chi connectivity index (χ1n) is 10.1. The molecule has 3 aromatic heterocycles. The van der Waals surface area contributed by atoms with E-state index >= 15 is 0 Å². The Morgan fingerprint density at radius 2 is 1.94 bits per heavy atom. The average Bonchev–Trinajstić information content (AvgIpc) is 3.46. The summed E-state index contributed by atoms with van der Waals surface area (Å²) in [7, 11) is 0. The second-order valence-electron chi connectivity index (χ2n) is 7.51. The van der Waals surface area contributed by atoms with Crippen LogP contribution in [-0.4, -0.2) is 46.1 Å². The number of benzene rings is 1. The van der Waals surface area contributed by atoms with Gasteiger partial charge in [-0.25, -0.2) is 14.6 Å². The Morgan fingerprint density at radius 1 is 1.12 bits per heavy atom. The highest BCUT2D eigenvalue weighted by Gasteiger charge is 2.12. The maximum atomic E-state index is 9.45. The van der Waals surface area contributed by atoms with Gasteiger partial charge in [0.05, 0.1) is 24.0 Å². The molecule has 0 radical (unpaired) electrons. The highest BCUT2D eigenvalue weighted by Crippen LogP contribution is 2.28. The Hall–Kier alpha value is -4.33. The molecule has 1 atom stereocenters. The summed E-state index contributed by atoms with van der Waals surface area (Å²) in [6.07, 6.45) is 8.36. The third-order valence-electron chi connectivity index (χ3n) is 4.64. The van der Waals surface area contributed by atoms with Crippen molar-refractivity contribution < 1.29 is 4.74 Å². The van der Waals surface area contributed by atoms with Crippen molar-refractivity contribution in [2.45, 2.75) is 39.5 Å². The molecule has 0 amide bonds. The summed E-state index contributed by atoms with van der Waals surface area (Å²) in [5, 5.41) is 28.0. The number of nitrogens with one attached hydrogen (secondary N) is 1. The molecule has 0 unspecified atom stereocenters. The van der Waals surface area contributed by atoms with Gasteiger partial charge in [0.1, 0.15) is 24.3 Å². The molecule has 4 aromatic rings. The van der Waals surface area contributed by atoms with Gasteiger partial charge in [-0.1, -0.05) is 6.07 Å². The first-order valence-corrected chi connectivity index (χ1v) is 10.1. The van der Waals surface area contributed by atoms with Gasteiger partial charge >= 0.3 is 0 Å². The van der Waals surface area contributed by atoms with Gasteiger partial charge < -0.3 is 10.1 Å². The zero-order valence-electron chi connectivity index (χ0n) is 17.9. The molecule has 0 aliphatic heterocycles. The van der Waals surface area contributed by atoms with Crippen molar-refractivity contribution in [1.29, 1.82) is 5.26 Å². The molecule has 11 heteroatoms. The molecule has 162 valence electrons. The molecular formula is C21H22N10O. The lowest BCUT2D eigenvalue weighted by Crippen LogP contribution is -2.20. The molecule has 3 heterocycles. The fraction of sp³-hybridized carbons (Fsp3) is 0.286. The minimum atomic E-state index is -0.240. The largest absolute Gasteiger partial charge is 0.487 e. The molecule has 0 aliphatic carbocycles. The van der Waals surface area contributed by atoms with Gasteiger partial charge in [0.15, 0.2) is 0 Å². The summed E-state index contributed by atoms with van der Waals surface area (Å²) in [4.78, 5) is 8.79. The summed E-state index contributed by atoms with van der Waals surface area (Å²) in [6, 6.07) is 7.82. The van der Waals surface area contributed by atoms with E-state index in [4.69, 9.17) is 4.74 Å². The molecule has 1 N–H and O–H groups in total. The Labute approximate surface area is 184 Å². The van der Waals surface area contributed by atoms with Crippen LogP contribution in [0.1, 0.15) is 32.4 Å². The van der Waals surface area contributed by atoms with E-state index in [2.05, 4.69) is 55.8 Å². The summed E-state index contributed by atoms with van der Waals surface area (Å²) < 4.78 is 9.43. The van der Waals surface area contributed by atoms with E-state index in [1.165, 1.54) is 6.33 Å². The van der Waals surface area contributed by atoms with Crippen molar-refractivity contribution in [3.8, 4) is 22.9 Å². The fourth-order valence-electron chi connectivity index (χ4n) is 3.03. The fourth-order valence-corrected chi connectivity index (χ4v) is 3.03. The Bertz CT molecular complexity index is 1210. The van der Waals surface area contributed by atoms with Crippen LogP contribution in [0, 0.1) is 11.3 Å². The molecule has 0 bridgehead atoms. The molecule has 0 fully saturated rings. The highest BCUT2D eigenvalue weighted by atomic mass is 16.5. The number of hydrogen-bond acceptors (Lipinski definition) is 9. The summed E-state index contributed by atoms with van der Waals surface area (Å²) >= 11 is 0. The molecule has 0 saturated heterocycles. The van der Waals surface area contributed by atoms with Gasteiger partial charge in [-0.3, -0.25) is 4.68 Å². The summed E-state index contributed by atoms with van der Waals surface area (Å²) in [5.41, 5.74) is 2.90. The van der Waals surface area contributed by atoms with Crippen LogP contribution in [0.2, 0.25) is 0 Å². The quantitative estimate of drug-likeness (QED) is 0.448. The Morgan fingerprint density at radius 3 is 2.59 bits per heavy atom. The van der Waals surface area contributed by atoms with Crippen LogP contribution < -0.4 is 10.1 Å². The predicted molar refractivity (Wildman–Crippen MR) is 116 cm³/mol. The third-order valence-corrected chi connectivity index (χ3v) is 4.64. The summed E-state index contributed by atoms with van der Waals surface area (Å²) in [5.74, 6) is 0.950. The first-order chi connectivity index (χ1) is 15.5. The topological polar surface area (TPSA) is 132 Å². The SMILES string of the molecule is CC(C)n1cc(Nc2ncc(-c3ccc(C#N)c(O[C@@H](C)Cn4cnnn4)c3)cn2)cn1. The van der Waals surface area contributed by atoms with Gasteiger partial charge in [-0.2, -0.15) is 10.4 Å². The van der Waals surface area contributed by atoms with Crippen molar-refractivity contribution in [3.63, 3.8) is 0 Å². The second kappa shape index (κ2) is 9.22. The van der Waals surface area contributed by atoms with Crippen LogP contribution >= 0.6 is 0 Å². The van der Waals surface area contributed by atoms with E-state index in [-0.39, 0.29) is 12.1 Å². The average molecular weight is 430 g/mol. The number of aromatic nitrogens is 8. The van der Waals surface area contributed by atoms with Crippen LogP contribution in [0.5, 0.6) is 5.75 Å². The molecule has 0 saturated carbocycles. The molecule has 0 aliphatic rings. The maximum absolute atomic E-state index is 9.45. The van der Waals surface area contributed by atoms with Crippen molar-refractivity contribution in [3.05, 3.63) is 54.9 Å². The van der Waals surface area contributed by atoms with Crippen molar-refractivity contribution in [1.82, 2.24) is 40.0 Å². The smallest absolute Gasteiger partial charge is 0.227 e. The maximum Gasteiger partial charge on any atom is 0.227 e. The first kappa shape index (κ1) is 20.9. The molecule has 32 heavy (non-hydrogen) atoms. The zero-order chi connectivity index (χ0) is 22.5. The number of nitriles is 1. The Balaban J connectivity index is 1.49.